The lowest BCUT2D eigenvalue weighted by Crippen LogP contribution is -2.22. The van der Waals surface area contributed by atoms with Crippen LogP contribution in [0.4, 0.5) is 0 Å². The Morgan fingerprint density at radius 1 is 1.11 bits per heavy atom. The van der Waals surface area contributed by atoms with E-state index in [0.29, 0.717) is 11.6 Å². The minimum absolute atomic E-state index is 0.120. The molecule has 0 aromatic heterocycles. The zero-order valence-electron chi connectivity index (χ0n) is 12.5. The van der Waals surface area contributed by atoms with E-state index in [-0.39, 0.29) is 5.41 Å². The lowest BCUT2D eigenvalue weighted by molar-refractivity contribution is 0.588. The summed E-state index contributed by atoms with van der Waals surface area (Å²) in [5, 5.41) is 8.46. The van der Waals surface area contributed by atoms with Crippen LogP contribution in [-0.4, -0.2) is 5.71 Å². The summed E-state index contributed by atoms with van der Waals surface area (Å²) in [6.45, 7) is 10.6. The van der Waals surface area contributed by atoms with E-state index in [1.54, 1.807) is 0 Å². The van der Waals surface area contributed by atoms with E-state index in [4.69, 9.17) is 5.41 Å². The Balaban J connectivity index is 2.49. The highest BCUT2D eigenvalue weighted by atomic mass is 14.5. The van der Waals surface area contributed by atoms with Crippen molar-refractivity contribution in [2.75, 3.05) is 0 Å². The molecule has 2 rings (SSSR count). The summed E-state index contributed by atoms with van der Waals surface area (Å²) in [7, 11) is 0. The largest absolute Gasteiger partial charge is 0.304 e. The summed E-state index contributed by atoms with van der Waals surface area (Å²) >= 11 is 0. The molecule has 0 fully saturated rings. The first-order valence-corrected chi connectivity index (χ1v) is 6.85. The third-order valence-corrected chi connectivity index (χ3v) is 3.69. The van der Waals surface area contributed by atoms with Gasteiger partial charge in [0, 0.05) is 17.0 Å². The Hall–Kier alpha value is -1.63. The fourth-order valence-electron chi connectivity index (χ4n) is 2.63. The molecule has 1 heteroatoms. The van der Waals surface area contributed by atoms with Crippen LogP contribution in [0.1, 0.15) is 51.7 Å². The lowest BCUT2D eigenvalue weighted by Gasteiger charge is -2.24. The molecule has 100 valence electrons. The topological polar surface area (TPSA) is 23.9 Å². The summed E-state index contributed by atoms with van der Waals surface area (Å²) in [6, 6.07) is 8.34. The smallest absolute Gasteiger partial charge is 0.0442 e. The zero-order valence-corrected chi connectivity index (χ0v) is 12.5. The van der Waals surface area contributed by atoms with Crippen molar-refractivity contribution in [3.05, 3.63) is 58.7 Å². The van der Waals surface area contributed by atoms with Gasteiger partial charge in [0.2, 0.25) is 0 Å². The Morgan fingerprint density at radius 3 is 2.26 bits per heavy atom. The summed E-state index contributed by atoms with van der Waals surface area (Å²) in [6.07, 6.45) is 4.53. The summed E-state index contributed by atoms with van der Waals surface area (Å²) in [4.78, 5) is 0. The molecule has 1 aliphatic carbocycles. The normalized spacial score (nSPS) is 19.1. The van der Waals surface area contributed by atoms with Gasteiger partial charge in [-0.1, -0.05) is 68.3 Å². The van der Waals surface area contributed by atoms with Crippen molar-refractivity contribution in [1.82, 2.24) is 0 Å². The predicted molar refractivity (Wildman–Crippen MR) is 83.0 cm³/mol. The predicted octanol–water partition coefficient (Wildman–Crippen LogP) is 5.09. The average Bonchev–Trinajstić information content (AvgIpc) is 2.66. The molecule has 0 spiro atoms. The van der Waals surface area contributed by atoms with Crippen molar-refractivity contribution in [2.45, 2.75) is 40.5 Å². The molecule has 0 heterocycles. The molecule has 1 atom stereocenters. The molecule has 0 bridgehead atoms. The third kappa shape index (κ3) is 2.70. The molecular weight excluding hydrogens is 230 g/mol. The number of hydrogen-bond donors (Lipinski definition) is 1. The highest BCUT2D eigenvalue weighted by molar-refractivity contribution is 6.03. The minimum atomic E-state index is -0.120. The lowest BCUT2D eigenvalue weighted by atomic mass is 9.80. The van der Waals surface area contributed by atoms with Crippen molar-refractivity contribution in [2.24, 2.45) is 5.41 Å². The molecular formula is C18H23N. The molecule has 19 heavy (non-hydrogen) atoms. The van der Waals surface area contributed by atoms with E-state index in [1.165, 1.54) is 16.7 Å². The SMILES string of the molecule is CC1=CC(c2ccccc2C(=N)C(C)(C)C)C(C)=C1. The number of rotatable bonds is 2. The average molecular weight is 253 g/mol. The van der Waals surface area contributed by atoms with Crippen molar-refractivity contribution >= 4 is 5.71 Å². The van der Waals surface area contributed by atoms with Crippen LogP contribution >= 0.6 is 0 Å². The van der Waals surface area contributed by atoms with Crippen LogP contribution in [0.2, 0.25) is 0 Å². The molecule has 1 aromatic carbocycles. The molecule has 1 N–H and O–H groups in total. The van der Waals surface area contributed by atoms with Crippen molar-refractivity contribution in [1.29, 1.82) is 5.41 Å². The van der Waals surface area contributed by atoms with Gasteiger partial charge < -0.3 is 5.41 Å². The third-order valence-electron chi connectivity index (χ3n) is 3.69. The monoisotopic (exact) mass is 253 g/mol. The van der Waals surface area contributed by atoms with E-state index < -0.39 is 0 Å². The van der Waals surface area contributed by atoms with E-state index in [0.717, 1.165) is 5.56 Å². The summed E-state index contributed by atoms with van der Waals surface area (Å²) < 4.78 is 0. The van der Waals surface area contributed by atoms with Gasteiger partial charge in [-0.25, -0.2) is 0 Å². The van der Waals surface area contributed by atoms with Crippen LogP contribution < -0.4 is 0 Å². The van der Waals surface area contributed by atoms with Crippen molar-refractivity contribution < 1.29 is 0 Å². The summed E-state index contributed by atoms with van der Waals surface area (Å²) in [5.41, 5.74) is 5.62. The van der Waals surface area contributed by atoms with Gasteiger partial charge in [-0.3, -0.25) is 0 Å². The standard InChI is InChI=1S/C18H23N/c1-12-10-13(2)16(11-12)14-8-6-7-9-15(14)17(19)18(3,4)5/h6-11,16,19H,1-5H3. The quantitative estimate of drug-likeness (QED) is 0.710. The number of nitrogens with one attached hydrogen (secondary N) is 1. The molecule has 1 aliphatic rings. The van der Waals surface area contributed by atoms with Gasteiger partial charge in [-0.05, 0) is 25.0 Å². The van der Waals surface area contributed by atoms with E-state index in [2.05, 4.69) is 65.0 Å². The van der Waals surface area contributed by atoms with Gasteiger partial charge in [0.05, 0.1) is 0 Å². The molecule has 1 nitrogen and oxygen atoms in total. The van der Waals surface area contributed by atoms with Crippen molar-refractivity contribution in [3.63, 3.8) is 0 Å². The van der Waals surface area contributed by atoms with Crippen LogP contribution in [0.15, 0.2) is 47.6 Å². The maximum Gasteiger partial charge on any atom is 0.0442 e. The fraction of sp³-hybridized carbons (Fsp3) is 0.389. The second-order valence-corrected chi connectivity index (χ2v) is 6.49. The second-order valence-electron chi connectivity index (χ2n) is 6.49. The Labute approximate surface area is 116 Å². The number of allylic oxidation sites excluding steroid dienone is 4. The molecule has 0 amide bonds. The Kier molecular flexibility index (Phi) is 3.49. The highest BCUT2D eigenvalue weighted by Gasteiger charge is 2.25. The van der Waals surface area contributed by atoms with Crippen LogP contribution in [-0.2, 0) is 0 Å². The van der Waals surface area contributed by atoms with Crippen LogP contribution in [0, 0.1) is 10.8 Å². The van der Waals surface area contributed by atoms with Crippen LogP contribution in [0.5, 0.6) is 0 Å². The molecule has 0 saturated heterocycles. The second kappa shape index (κ2) is 4.80. The summed E-state index contributed by atoms with van der Waals surface area (Å²) in [5.74, 6) is 0.332. The highest BCUT2D eigenvalue weighted by Crippen LogP contribution is 2.36. The number of benzene rings is 1. The minimum Gasteiger partial charge on any atom is -0.304 e. The van der Waals surface area contributed by atoms with Gasteiger partial charge in [0.15, 0.2) is 0 Å². The van der Waals surface area contributed by atoms with Gasteiger partial charge in [0.25, 0.3) is 0 Å². The first kappa shape index (κ1) is 13.8. The van der Waals surface area contributed by atoms with E-state index in [9.17, 15) is 0 Å². The molecule has 0 aliphatic heterocycles. The van der Waals surface area contributed by atoms with Crippen molar-refractivity contribution in [3.8, 4) is 0 Å². The van der Waals surface area contributed by atoms with Crippen LogP contribution in [0.25, 0.3) is 0 Å². The first-order chi connectivity index (χ1) is 8.80. The molecule has 0 saturated carbocycles. The number of hydrogen-bond acceptors (Lipinski definition) is 1. The van der Waals surface area contributed by atoms with Gasteiger partial charge in [0.1, 0.15) is 0 Å². The van der Waals surface area contributed by atoms with E-state index in [1.807, 2.05) is 6.07 Å². The molecule has 1 aromatic rings. The first-order valence-electron chi connectivity index (χ1n) is 6.85. The molecule has 0 radical (unpaired) electrons. The van der Waals surface area contributed by atoms with Crippen LogP contribution in [0.3, 0.4) is 0 Å². The maximum atomic E-state index is 8.46. The van der Waals surface area contributed by atoms with E-state index >= 15 is 0 Å². The van der Waals surface area contributed by atoms with Gasteiger partial charge in [-0.2, -0.15) is 0 Å². The molecule has 1 unspecified atom stereocenters. The Morgan fingerprint density at radius 2 is 1.74 bits per heavy atom. The van der Waals surface area contributed by atoms with Gasteiger partial charge in [-0.15, -0.1) is 0 Å². The maximum absolute atomic E-state index is 8.46. The fourth-order valence-corrected chi connectivity index (χ4v) is 2.63. The zero-order chi connectivity index (χ0) is 14.2. The Bertz CT molecular complexity index is 568. The van der Waals surface area contributed by atoms with Gasteiger partial charge >= 0.3 is 0 Å².